The molecule has 2 N–H and O–H groups in total. The van der Waals surface area contributed by atoms with Gasteiger partial charge in [-0.15, -0.1) is 0 Å². The molecule has 0 aliphatic rings. The summed E-state index contributed by atoms with van der Waals surface area (Å²) in [6.07, 6.45) is 9.59. The van der Waals surface area contributed by atoms with E-state index in [1.165, 1.54) is 44.2 Å². The van der Waals surface area contributed by atoms with Crippen molar-refractivity contribution in [1.82, 2.24) is 0 Å². The largest absolute Gasteiger partial charge is 0.381 e. The highest BCUT2D eigenvalue weighted by Gasteiger charge is 2.05. The molecule has 120 valence electrons. The van der Waals surface area contributed by atoms with E-state index in [0.717, 1.165) is 38.0 Å². The van der Waals surface area contributed by atoms with Crippen molar-refractivity contribution >= 4 is 0 Å². The highest BCUT2D eigenvalue weighted by Crippen LogP contribution is 2.16. The van der Waals surface area contributed by atoms with Crippen LogP contribution in [0.3, 0.4) is 0 Å². The van der Waals surface area contributed by atoms with E-state index in [1.54, 1.807) is 12.1 Å². The maximum Gasteiger partial charge on any atom is 0.123 e. The van der Waals surface area contributed by atoms with Crippen molar-refractivity contribution in [3.8, 4) is 0 Å². The van der Waals surface area contributed by atoms with Crippen LogP contribution in [0.2, 0.25) is 0 Å². The summed E-state index contributed by atoms with van der Waals surface area (Å²) >= 11 is 0. The normalized spacial score (nSPS) is 12.5. The van der Waals surface area contributed by atoms with Gasteiger partial charge in [0.25, 0.3) is 0 Å². The van der Waals surface area contributed by atoms with Gasteiger partial charge in [0.2, 0.25) is 0 Å². The van der Waals surface area contributed by atoms with Crippen molar-refractivity contribution in [2.24, 2.45) is 5.73 Å². The molecular weight excluding hydrogens is 265 g/mol. The van der Waals surface area contributed by atoms with E-state index in [0.29, 0.717) is 0 Å². The molecule has 0 saturated carbocycles. The minimum absolute atomic E-state index is 0.0248. The van der Waals surface area contributed by atoms with Gasteiger partial charge in [-0.25, -0.2) is 4.39 Å². The molecule has 2 nitrogen and oxygen atoms in total. The third-order valence-corrected chi connectivity index (χ3v) is 3.74. The van der Waals surface area contributed by atoms with Crippen molar-refractivity contribution < 1.29 is 9.13 Å². The van der Waals surface area contributed by atoms with Gasteiger partial charge in [-0.05, 0) is 37.0 Å². The second kappa shape index (κ2) is 11.7. The first-order valence-corrected chi connectivity index (χ1v) is 8.33. The first-order chi connectivity index (χ1) is 10.2. The van der Waals surface area contributed by atoms with Crippen LogP contribution >= 0.6 is 0 Å². The lowest BCUT2D eigenvalue weighted by molar-refractivity contribution is 0.125. The van der Waals surface area contributed by atoms with Crippen molar-refractivity contribution in [3.63, 3.8) is 0 Å². The number of halogens is 1. The summed E-state index contributed by atoms with van der Waals surface area (Å²) in [6.45, 7) is 3.86. The Hall–Kier alpha value is -0.930. The summed E-state index contributed by atoms with van der Waals surface area (Å²) in [7, 11) is 0. The van der Waals surface area contributed by atoms with Crippen LogP contribution in [0.4, 0.5) is 4.39 Å². The lowest BCUT2D eigenvalue weighted by Gasteiger charge is -2.12. The fourth-order valence-corrected chi connectivity index (χ4v) is 2.37. The topological polar surface area (TPSA) is 35.2 Å². The number of nitrogens with two attached hydrogens (primary N) is 1. The highest BCUT2D eigenvalue weighted by molar-refractivity contribution is 5.19. The van der Waals surface area contributed by atoms with E-state index in [9.17, 15) is 4.39 Å². The third kappa shape index (κ3) is 8.84. The summed E-state index contributed by atoms with van der Waals surface area (Å²) in [4.78, 5) is 0. The van der Waals surface area contributed by atoms with Crippen LogP contribution in [0.1, 0.15) is 69.9 Å². The SMILES string of the molecule is CCCCCCCCOCCCC(N)c1ccc(F)cc1. The molecule has 1 unspecified atom stereocenters. The van der Waals surface area contributed by atoms with E-state index in [-0.39, 0.29) is 11.9 Å². The van der Waals surface area contributed by atoms with E-state index in [2.05, 4.69) is 6.92 Å². The summed E-state index contributed by atoms with van der Waals surface area (Å²) in [6, 6.07) is 6.42. The second-order valence-electron chi connectivity index (χ2n) is 5.68. The predicted octanol–water partition coefficient (Wildman–Crippen LogP) is 4.98. The lowest BCUT2D eigenvalue weighted by Crippen LogP contribution is -2.11. The average Bonchev–Trinajstić information content (AvgIpc) is 2.49. The zero-order valence-corrected chi connectivity index (χ0v) is 13.3. The number of hydrogen-bond acceptors (Lipinski definition) is 2. The van der Waals surface area contributed by atoms with Crippen molar-refractivity contribution in [3.05, 3.63) is 35.6 Å². The second-order valence-corrected chi connectivity index (χ2v) is 5.68. The third-order valence-electron chi connectivity index (χ3n) is 3.74. The van der Waals surface area contributed by atoms with Gasteiger partial charge in [-0.2, -0.15) is 0 Å². The molecule has 0 aliphatic carbocycles. The number of benzene rings is 1. The van der Waals surface area contributed by atoms with Crippen LogP contribution in [-0.4, -0.2) is 13.2 Å². The van der Waals surface area contributed by atoms with Crippen molar-refractivity contribution in [1.29, 1.82) is 0 Å². The molecule has 1 aromatic carbocycles. The van der Waals surface area contributed by atoms with Gasteiger partial charge < -0.3 is 10.5 Å². The van der Waals surface area contributed by atoms with Crippen LogP contribution < -0.4 is 5.73 Å². The van der Waals surface area contributed by atoms with Crippen LogP contribution in [0.25, 0.3) is 0 Å². The van der Waals surface area contributed by atoms with Crippen molar-refractivity contribution in [2.45, 2.75) is 64.3 Å². The first-order valence-electron chi connectivity index (χ1n) is 8.33. The Balaban J connectivity index is 1.95. The molecule has 1 atom stereocenters. The van der Waals surface area contributed by atoms with E-state index >= 15 is 0 Å². The molecule has 1 rings (SSSR count). The Morgan fingerprint density at radius 3 is 2.29 bits per heavy atom. The predicted molar refractivity (Wildman–Crippen MR) is 86.8 cm³/mol. The van der Waals surface area contributed by atoms with Crippen LogP contribution in [0.15, 0.2) is 24.3 Å². The first kappa shape index (κ1) is 18.1. The molecule has 0 saturated heterocycles. The minimum Gasteiger partial charge on any atom is -0.381 e. The van der Waals surface area contributed by atoms with E-state index in [1.807, 2.05) is 0 Å². The fourth-order valence-electron chi connectivity index (χ4n) is 2.37. The van der Waals surface area contributed by atoms with Crippen LogP contribution in [-0.2, 0) is 4.74 Å². The molecule has 0 aromatic heterocycles. The zero-order valence-electron chi connectivity index (χ0n) is 13.3. The molecule has 0 fully saturated rings. The molecule has 0 heterocycles. The van der Waals surface area contributed by atoms with Gasteiger partial charge in [-0.1, -0.05) is 51.2 Å². The van der Waals surface area contributed by atoms with Gasteiger partial charge in [0.1, 0.15) is 5.82 Å². The lowest BCUT2D eigenvalue weighted by atomic mass is 10.0. The Kier molecular flexibility index (Phi) is 10.1. The monoisotopic (exact) mass is 295 g/mol. The summed E-state index contributed by atoms with van der Waals surface area (Å²) in [5, 5.41) is 0. The molecule has 0 radical (unpaired) electrons. The molecule has 0 aliphatic heterocycles. The number of rotatable bonds is 12. The van der Waals surface area contributed by atoms with Gasteiger partial charge in [0.15, 0.2) is 0 Å². The molecule has 0 bridgehead atoms. The van der Waals surface area contributed by atoms with E-state index < -0.39 is 0 Å². The maximum atomic E-state index is 12.8. The molecule has 3 heteroatoms. The van der Waals surface area contributed by atoms with Crippen molar-refractivity contribution in [2.75, 3.05) is 13.2 Å². The zero-order chi connectivity index (χ0) is 15.3. The molecule has 0 spiro atoms. The Morgan fingerprint density at radius 1 is 0.952 bits per heavy atom. The van der Waals surface area contributed by atoms with Gasteiger partial charge in [-0.3, -0.25) is 0 Å². The van der Waals surface area contributed by atoms with Gasteiger partial charge in [0, 0.05) is 19.3 Å². The smallest absolute Gasteiger partial charge is 0.123 e. The number of unbranched alkanes of at least 4 members (excludes halogenated alkanes) is 5. The molecular formula is C18H30FNO. The van der Waals surface area contributed by atoms with Gasteiger partial charge in [0.05, 0.1) is 0 Å². The molecule has 1 aromatic rings. The van der Waals surface area contributed by atoms with Crippen LogP contribution in [0, 0.1) is 5.82 Å². The summed E-state index contributed by atoms with van der Waals surface area (Å²) < 4.78 is 18.4. The molecule has 0 amide bonds. The molecule has 21 heavy (non-hydrogen) atoms. The quantitative estimate of drug-likeness (QED) is 0.552. The minimum atomic E-state index is -0.215. The number of ether oxygens (including phenoxy) is 1. The average molecular weight is 295 g/mol. The van der Waals surface area contributed by atoms with Gasteiger partial charge >= 0.3 is 0 Å². The Morgan fingerprint density at radius 2 is 1.57 bits per heavy atom. The fraction of sp³-hybridized carbons (Fsp3) is 0.667. The number of hydrogen-bond donors (Lipinski definition) is 1. The summed E-state index contributed by atoms with van der Waals surface area (Å²) in [5.41, 5.74) is 7.07. The summed E-state index contributed by atoms with van der Waals surface area (Å²) in [5.74, 6) is -0.215. The van der Waals surface area contributed by atoms with Crippen LogP contribution in [0.5, 0.6) is 0 Å². The van der Waals surface area contributed by atoms with E-state index in [4.69, 9.17) is 10.5 Å². The standard InChI is InChI=1S/C18H30FNO/c1-2-3-4-5-6-7-14-21-15-8-9-18(20)16-10-12-17(19)13-11-16/h10-13,18H,2-9,14-15,20H2,1H3. The Labute approximate surface area is 128 Å². The highest BCUT2D eigenvalue weighted by atomic mass is 19.1. The Bertz CT molecular complexity index is 353. The maximum absolute atomic E-state index is 12.8.